The third-order valence-electron chi connectivity index (χ3n) is 3.16. The van der Waals surface area contributed by atoms with Gasteiger partial charge in [0.15, 0.2) is 0 Å². The highest BCUT2D eigenvalue weighted by Gasteiger charge is 2.29. The summed E-state index contributed by atoms with van der Waals surface area (Å²) in [5, 5.41) is 3.13. The minimum absolute atomic E-state index is 0.0334. The first-order valence-corrected chi connectivity index (χ1v) is 6.04. The number of nitrogens with one attached hydrogen (secondary N) is 1. The van der Waals surface area contributed by atoms with E-state index in [1.54, 1.807) is 29.0 Å². The van der Waals surface area contributed by atoms with Crippen LogP contribution in [0, 0.1) is 11.7 Å². The first-order valence-electron chi connectivity index (χ1n) is 6.04. The molecule has 1 aromatic carbocycles. The lowest BCUT2D eigenvalue weighted by molar-refractivity contribution is 0.192. The van der Waals surface area contributed by atoms with Gasteiger partial charge in [0.2, 0.25) is 0 Å². The van der Waals surface area contributed by atoms with Crippen molar-refractivity contribution in [3.63, 3.8) is 0 Å². The molecule has 1 saturated heterocycles. The molecular formula is C13H18FN3O. The molecule has 1 atom stereocenters. The number of nitrogens with zero attached hydrogens (tertiary/aromatic N) is 2. The van der Waals surface area contributed by atoms with E-state index in [4.69, 9.17) is 0 Å². The number of anilines is 1. The molecule has 18 heavy (non-hydrogen) atoms. The fourth-order valence-electron chi connectivity index (χ4n) is 2.32. The summed E-state index contributed by atoms with van der Waals surface area (Å²) in [6, 6.07) is 6.01. The van der Waals surface area contributed by atoms with Gasteiger partial charge in [-0.3, -0.25) is 4.90 Å². The van der Waals surface area contributed by atoms with Crippen LogP contribution in [0.4, 0.5) is 14.9 Å². The highest BCUT2D eigenvalue weighted by molar-refractivity contribution is 5.92. The van der Waals surface area contributed by atoms with Crippen molar-refractivity contribution in [3.8, 4) is 0 Å². The number of carbonyl (C=O) groups excluding carboxylic acids is 1. The molecule has 2 rings (SSSR count). The van der Waals surface area contributed by atoms with E-state index < -0.39 is 0 Å². The molecule has 1 N–H and O–H groups in total. The normalized spacial score (nSPS) is 20.4. The van der Waals surface area contributed by atoms with Crippen molar-refractivity contribution in [3.05, 3.63) is 30.1 Å². The predicted octanol–water partition coefficient (Wildman–Crippen LogP) is 1.53. The Bertz CT molecular complexity index is 421. The van der Waals surface area contributed by atoms with E-state index in [1.165, 1.54) is 12.1 Å². The molecule has 5 heteroatoms. The van der Waals surface area contributed by atoms with Crippen LogP contribution in [0.25, 0.3) is 0 Å². The first kappa shape index (κ1) is 12.8. The standard InChI is InChI=1S/C13H18FN3O/c1-15-7-10-8-16(2)13(18)17(9-10)12-5-3-11(14)4-6-12/h3-6,10,15H,7-9H2,1-2H3. The average molecular weight is 251 g/mol. The van der Waals surface area contributed by atoms with Gasteiger partial charge in [0, 0.05) is 38.3 Å². The van der Waals surface area contributed by atoms with E-state index in [0.29, 0.717) is 12.5 Å². The number of hydrogen-bond acceptors (Lipinski definition) is 2. The fraction of sp³-hybridized carbons (Fsp3) is 0.462. The van der Waals surface area contributed by atoms with Crippen molar-refractivity contribution >= 4 is 11.7 Å². The molecule has 4 nitrogen and oxygen atoms in total. The van der Waals surface area contributed by atoms with E-state index in [0.717, 1.165) is 18.8 Å². The topological polar surface area (TPSA) is 35.6 Å². The Kier molecular flexibility index (Phi) is 3.81. The van der Waals surface area contributed by atoms with Gasteiger partial charge in [-0.05, 0) is 31.3 Å². The Morgan fingerprint density at radius 1 is 1.33 bits per heavy atom. The summed E-state index contributed by atoms with van der Waals surface area (Å²) in [7, 11) is 3.69. The monoisotopic (exact) mass is 251 g/mol. The molecule has 1 unspecified atom stereocenters. The van der Waals surface area contributed by atoms with Crippen LogP contribution in [0.2, 0.25) is 0 Å². The molecule has 0 aromatic heterocycles. The van der Waals surface area contributed by atoms with Crippen LogP contribution in [-0.2, 0) is 0 Å². The second-order valence-electron chi connectivity index (χ2n) is 4.67. The molecule has 1 heterocycles. The third-order valence-corrected chi connectivity index (χ3v) is 3.16. The van der Waals surface area contributed by atoms with Crippen LogP contribution in [0.5, 0.6) is 0 Å². The summed E-state index contributed by atoms with van der Waals surface area (Å²) in [6.07, 6.45) is 0. The van der Waals surface area contributed by atoms with E-state index in [1.807, 2.05) is 7.05 Å². The zero-order chi connectivity index (χ0) is 13.1. The Hall–Kier alpha value is -1.62. The molecule has 1 aliphatic rings. The van der Waals surface area contributed by atoms with Crippen LogP contribution in [0.15, 0.2) is 24.3 Å². The number of benzene rings is 1. The van der Waals surface area contributed by atoms with Crippen molar-refractivity contribution in [2.75, 3.05) is 38.6 Å². The lowest BCUT2D eigenvalue weighted by atomic mass is 10.1. The summed E-state index contributed by atoms with van der Waals surface area (Å²) in [5.74, 6) is 0.0890. The van der Waals surface area contributed by atoms with Crippen molar-refractivity contribution in [1.29, 1.82) is 0 Å². The van der Waals surface area contributed by atoms with Crippen molar-refractivity contribution in [2.24, 2.45) is 5.92 Å². The largest absolute Gasteiger partial charge is 0.327 e. The molecule has 0 saturated carbocycles. The Morgan fingerprint density at radius 2 is 2.00 bits per heavy atom. The smallest absolute Gasteiger partial charge is 0.324 e. The molecule has 2 amide bonds. The zero-order valence-electron chi connectivity index (χ0n) is 10.7. The van der Waals surface area contributed by atoms with Gasteiger partial charge in [0.1, 0.15) is 5.82 Å². The van der Waals surface area contributed by atoms with Crippen LogP contribution in [0.1, 0.15) is 0 Å². The van der Waals surface area contributed by atoms with Crippen LogP contribution in [0.3, 0.4) is 0 Å². The Balaban J connectivity index is 2.18. The number of rotatable bonds is 3. The molecule has 0 aliphatic carbocycles. The summed E-state index contributed by atoms with van der Waals surface area (Å²) < 4.78 is 12.9. The molecule has 1 aromatic rings. The van der Waals surface area contributed by atoms with Gasteiger partial charge in [-0.15, -0.1) is 0 Å². The third kappa shape index (κ3) is 2.61. The van der Waals surface area contributed by atoms with E-state index in [2.05, 4.69) is 5.32 Å². The molecule has 0 spiro atoms. The van der Waals surface area contributed by atoms with Crippen LogP contribution < -0.4 is 10.2 Å². The van der Waals surface area contributed by atoms with Crippen LogP contribution in [-0.4, -0.2) is 44.7 Å². The first-order chi connectivity index (χ1) is 8.61. The van der Waals surface area contributed by atoms with Gasteiger partial charge in [-0.25, -0.2) is 9.18 Å². The zero-order valence-corrected chi connectivity index (χ0v) is 10.7. The molecular weight excluding hydrogens is 233 g/mol. The maximum absolute atomic E-state index is 12.9. The predicted molar refractivity (Wildman–Crippen MR) is 69.2 cm³/mol. The van der Waals surface area contributed by atoms with E-state index in [9.17, 15) is 9.18 Å². The molecule has 1 aliphatic heterocycles. The Labute approximate surface area is 106 Å². The minimum atomic E-state index is -0.289. The van der Waals surface area contributed by atoms with Gasteiger partial charge in [0.05, 0.1) is 0 Å². The summed E-state index contributed by atoms with van der Waals surface area (Å²) >= 11 is 0. The fourth-order valence-corrected chi connectivity index (χ4v) is 2.32. The SMILES string of the molecule is CNCC1CN(C)C(=O)N(c2ccc(F)cc2)C1. The summed E-state index contributed by atoms with van der Waals surface area (Å²) in [6.45, 7) is 2.27. The van der Waals surface area contributed by atoms with Gasteiger partial charge >= 0.3 is 6.03 Å². The summed E-state index contributed by atoms with van der Waals surface area (Å²) in [4.78, 5) is 15.5. The van der Waals surface area contributed by atoms with E-state index >= 15 is 0 Å². The van der Waals surface area contributed by atoms with Crippen molar-refractivity contribution in [1.82, 2.24) is 10.2 Å². The van der Waals surface area contributed by atoms with E-state index in [-0.39, 0.29) is 11.8 Å². The number of urea groups is 1. The highest BCUT2D eigenvalue weighted by Crippen LogP contribution is 2.21. The lowest BCUT2D eigenvalue weighted by Gasteiger charge is -2.38. The average Bonchev–Trinajstić information content (AvgIpc) is 2.35. The molecule has 0 radical (unpaired) electrons. The van der Waals surface area contributed by atoms with Gasteiger partial charge < -0.3 is 10.2 Å². The second-order valence-corrected chi connectivity index (χ2v) is 4.67. The number of halogens is 1. The van der Waals surface area contributed by atoms with Gasteiger partial charge in [-0.2, -0.15) is 0 Å². The molecule has 0 bridgehead atoms. The van der Waals surface area contributed by atoms with Crippen LogP contribution >= 0.6 is 0 Å². The number of hydrogen-bond donors (Lipinski definition) is 1. The number of amides is 2. The maximum Gasteiger partial charge on any atom is 0.324 e. The molecule has 1 fully saturated rings. The minimum Gasteiger partial charge on any atom is -0.327 e. The molecule has 98 valence electrons. The van der Waals surface area contributed by atoms with Crippen molar-refractivity contribution < 1.29 is 9.18 Å². The summed E-state index contributed by atoms with van der Waals surface area (Å²) in [5.41, 5.74) is 0.744. The lowest BCUT2D eigenvalue weighted by Crippen LogP contribution is -2.53. The van der Waals surface area contributed by atoms with Crippen molar-refractivity contribution in [2.45, 2.75) is 0 Å². The Morgan fingerprint density at radius 3 is 2.61 bits per heavy atom. The maximum atomic E-state index is 12.9. The van der Waals surface area contributed by atoms with Gasteiger partial charge in [-0.1, -0.05) is 0 Å². The second kappa shape index (κ2) is 5.35. The quantitative estimate of drug-likeness (QED) is 0.884. The number of carbonyl (C=O) groups is 1. The highest BCUT2D eigenvalue weighted by atomic mass is 19.1. The van der Waals surface area contributed by atoms with Gasteiger partial charge in [0.25, 0.3) is 0 Å².